The van der Waals surface area contributed by atoms with Crippen LogP contribution in [-0.4, -0.2) is 55.4 Å². The normalized spacial score (nSPS) is 27.2. The molecule has 0 saturated carbocycles. The first-order valence-electron chi connectivity index (χ1n) is 9.02. The lowest BCUT2D eigenvalue weighted by Gasteiger charge is -2.35. The van der Waals surface area contributed by atoms with Crippen molar-refractivity contribution in [2.45, 2.75) is 51.4 Å². The van der Waals surface area contributed by atoms with Crippen molar-refractivity contribution in [1.82, 2.24) is 4.90 Å². The third-order valence-electron chi connectivity index (χ3n) is 4.66. The summed E-state index contributed by atoms with van der Waals surface area (Å²) in [5.74, 6) is 0.0860. The minimum atomic E-state index is 0.0860. The van der Waals surface area contributed by atoms with Crippen LogP contribution in [0.5, 0.6) is 0 Å². The minimum absolute atomic E-state index is 0.0860. The fourth-order valence-corrected chi connectivity index (χ4v) is 3.51. The third-order valence-corrected chi connectivity index (χ3v) is 4.66. The third kappa shape index (κ3) is 4.48. The molecule has 2 fully saturated rings. The topological polar surface area (TPSA) is 50.8 Å². The van der Waals surface area contributed by atoms with Crippen LogP contribution in [0.15, 0.2) is 24.3 Å². The highest BCUT2D eigenvalue weighted by molar-refractivity contribution is 5.94. The Hall–Kier alpha value is -1.59. The number of benzene rings is 1. The second-order valence-corrected chi connectivity index (χ2v) is 6.90. The van der Waals surface area contributed by atoms with E-state index in [-0.39, 0.29) is 18.1 Å². The summed E-state index contributed by atoms with van der Waals surface area (Å²) in [5, 5.41) is 3.41. The van der Waals surface area contributed by atoms with Crippen LogP contribution in [0.2, 0.25) is 0 Å². The molecule has 3 rings (SSSR count). The minimum Gasteiger partial charge on any atom is -0.385 e. The summed E-state index contributed by atoms with van der Waals surface area (Å²) < 4.78 is 11.3. The fourth-order valence-electron chi connectivity index (χ4n) is 3.51. The molecule has 24 heavy (non-hydrogen) atoms. The van der Waals surface area contributed by atoms with Gasteiger partial charge in [0, 0.05) is 37.5 Å². The molecule has 132 valence electrons. The van der Waals surface area contributed by atoms with Crippen LogP contribution in [0.4, 0.5) is 5.69 Å². The van der Waals surface area contributed by atoms with Crippen molar-refractivity contribution in [3.63, 3.8) is 0 Å². The number of anilines is 1. The zero-order valence-electron chi connectivity index (χ0n) is 14.7. The maximum Gasteiger partial charge on any atom is 0.254 e. The van der Waals surface area contributed by atoms with Gasteiger partial charge in [-0.3, -0.25) is 4.79 Å². The van der Waals surface area contributed by atoms with Gasteiger partial charge in [-0.05, 0) is 57.4 Å². The Kier molecular flexibility index (Phi) is 5.74. The molecule has 0 aromatic heterocycles. The molecule has 1 amide bonds. The van der Waals surface area contributed by atoms with E-state index in [0.717, 1.165) is 30.8 Å². The van der Waals surface area contributed by atoms with Crippen LogP contribution in [-0.2, 0) is 9.47 Å². The number of hydrogen-bond acceptors (Lipinski definition) is 4. The van der Waals surface area contributed by atoms with Crippen molar-refractivity contribution < 1.29 is 14.3 Å². The van der Waals surface area contributed by atoms with Crippen molar-refractivity contribution in [3.8, 4) is 0 Å². The largest absolute Gasteiger partial charge is 0.385 e. The number of carbonyl (C=O) groups excluding carboxylic acids is 1. The van der Waals surface area contributed by atoms with Crippen molar-refractivity contribution in [2.75, 3.05) is 31.6 Å². The van der Waals surface area contributed by atoms with Crippen molar-refractivity contribution in [1.29, 1.82) is 0 Å². The first-order chi connectivity index (χ1) is 11.6. The van der Waals surface area contributed by atoms with E-state index in [1.54, 1.807) is 0 Å². The van der Waals surface area contributed by atoms with Gasteiger partial charge in [-0.15, -0.1) is 0 Å². The first-order valence-corrected chi connectivity index (χ1v) is 9.02. The summed E-state index contributed by atoms with van der Waals surface area (Å²) in [6.07, 6.45) is 3.98. The van der Waals surface area contributed by atoms with Gasteiger partial charge in [0.25, 0.3) is 5.91 Å². The summed E-state index contributed by atoms with van der Waals surface area (Å²) in [7, 11) is 0. The monoisotopic (exact) mass is 332 g/mol. The Morgan fingerprint density at radius 2 is 1.92 bits per heavy atom. The Morgan fingerprint density at radius 1 is 1.21 bits per heavy atom. The standard InChI is InChI=1S/C19H28N2O3/c1-14-12-21(13-15(2)24-14)19(22)16-5-7-17(8-6-16)20-10-9-18-4-3-11-23-18/h5-8,14-15,18,20H,3-4,9-13H2,1-2H3/t14-,15+,18-/m1/s1. The Balaban J connectivity index is 1.50. The number of ether oxygens (including phenoxy) is 2. The van der Waals surface area contributed by atoms with Gasteiger partial charge in [0.1, 0.15) is 0 Å². The van der Waals surface area contributed by atoms with Gasteiger partial charge in [0.15, 0.2) is 0 Å². The highest BCUT2D eigenvalue weighted by Gasteiger charge is 2.26. The highest BCUT2D eigenvalue weighted by atomic mass is 16.5. The van der Waals surface area contributed by atoms with Gasteiger partial charge in [-0.1, -0.05) is 0 Å². The second kappa shape index (κ2) is 7.99. The predicted molar refractivity (Wildman–Crippen MR) is 94.4 cm³/mol. The quantitative estimate of drug-likeness (QED) is 0.901. The van der Waals surface area contributed by atoms with Gasteiger partial charge in [0.05, 0.1) is 18.3 Å². The van der Waals surface area contributed by atoms with E-state index >= 15 is 0 Å². The molecular formula is C19H28N2O3. The number of morpholine rings is 1. The van der Waals surface area contributed by atoms with Crippen molar-refractivity contribution in [3.05, 3.63) is 29.8 Å². The van der Waals surface area contributed by atoms with Gasteiger partial charge in [-0.2, -0.15) is 0 Å². The van der Waals surface area contributed by atoms with Crippen molar-refractivity contribution in [2.24, 2.45) is 0 Å². The smallest absolute Gasteiger partial charge is 0.254 e. The maximum absolute atomic E-state index is 12.6. The summed E-state index contributed by atoms with van der Waals surface area (Å²) in [6, 6.07) is 7.77. The zero-order chi connectivity index (χ0) is 16.9. The number of nitrogens with zero attached hydrogens (tertiary/aromatic N) is 1. The Bertz CT molecular complexity index is 530. The molecule has 2 heterocycles. The summed E-state index contributed by atoms with van der Waals surface area (Å²) >= 11 is 0. The molecule has 0 bridgehead atoms. The Labute approximate surface area is 144 Å². The molecule has 1 aromatic carbocycles. The number of amides is 1. The van der Waals surface area contributed by atoms with E-state index in [0.29, 0.717) is 19.2 Å². The number of nitrogens with one attached hydrogen (secondary N) is 1. The van der Waals surface area contributed by atoms with Crippen LogP contribution >= 0.6 is 0 Å². The molecule has 0 unspecified atom stereocenters. The maximum atomic E-state index is 12.6. The van der Waals surface area contributed by atoms with Crippen LogP contribution in [0.1, 0.15) is 43.5 Å². The van der Waals surface area contributed by atoms with Gasteiger partial charge < -0.3 is 19.7 Å². The lowest BCUT2D eigenvalue weighted by Crippen LogP contribution is -2.48. The van der Waals surface area contributed by atoms with Gasteiger partial charge >= 0.3 is 0 Å². The summed E-state index contributed by atoms with van der Waals surface area (Å²) in [5.41, 5.74) is 1.79. The second-order valence-electron chi connectivity index (χ2n) is 6.90. The van der Waals surface area contributed by atoms with Gasteiger partial charge in [-0.25, -0.2) is 0 Å². The molecule has 2 saturated heterocycles. The molecule has 0 spiro atoms. The van der Waals surface area contributed by atoms with E-state index in [4.69, 9.17) is 9.47 Å². The fraction of sp³-hybridized carbons (Fsp3) is 0.632. The first kappa shape index (κ1) is 17.2. The molecular weight excluding hydrogens is 304 g/mol. The number of hydrogen-bond donors (Lipinski definition) is 1. The number of rotatable bonds is 5. The van der Waals surface area contributed by atoms with Gasteiger partial charge in [0.2, 0.25) is 0 Å². The summed E-state index contributed by atoms with van der Waals surface area (Å²) in [6.45, 7) is 7.14. The Morgan fingerprint density at radius 3 is 2.54 bits per heavy atom. The predicted octanol–water partition coefficient (Wildman–Crippen LogP) is 2.92. The van der Waals surface area contributed by atoms with Crippen LogP contribution in [0.3, 0.4) is 0 Å². The molecule has 2 aliphatic rings. The zero-order valence-corrected chi connectivity index (χ0v) is 14.7. The molecule has 3 atom stereocenters. The molecule has 0 radical (unpaired) electrons. The molecule has 5 nitrogen and oxygen atoms in total. The van der Waals surface area contributed by atoms with Crippen LogP contribution < -0.4 is 5.32 Å². The number of carbonyl (C=O) groups is 1. The average Bonchev–Trinajstić information content (AvgIpc) is 3.07. The van der Waals surface area contributed by atoms with Crippen molar-refractivity contribution >= 4 is 11.6 Å². The molecule has 2 aliphatic heterocycles. The summed E-state index contributed by atoms with van der Waals surface area (Å²) in [4.78, 5) is 14.5. The highest BCUT2D eigenvalue weighted by Crippen LogP contribution is 2.18. The lowest BCUT2D eigenvalue weighted by molar-refractivity contribution is -0.0586. The lowest BCUT2D eigenvalue weighted by atomic mass is 10.1. The molecule has 1 aromatic rings. The molecule has 1 N–H and O–H groups in total. The average molecular weight is 332 g/mol. The van der Waals surface area contributed by atoms with E-state index < -0.39 is 0 Å². The van der Waals surface area contributed by atoms with E-state index in [1.165, 1.54) is 12.8 Å². The van der Waals surface area contributed by atoms with Crippen LogP contribution in [0.25, 0.3) is 0 Å². The molecule has 5 heteroatoms. The SMILES string of the molecule is C[C@@H]1CN(C(=O)c2ccc(NCC[C@H]3CCCO3)cc2)C[C@H](C)O1. The van der Waals surface area contributed by atoms with E-state index in [2.05, 4.69) is 5.32 Å². The van der Waals surface area contributed by atoms with E-state index in [1.807, 2.05) is 43.0 Å². The molecule has 0 aliphatic carbocycles. The van der Waals surface area contributed by atoms with E-state index in [9.17, 15) is 4.79 Å². The van der Waals surface area contributed by atoms with Crippen LogP contribution in [0, 0.1) is 0 Å².